The molecule has 0 aliphatic rings. The predicted octanol–water partition coefficient (Wildman–Crippen LogP) is 1.17. The van der Waals surface area contributed by atoms with Crippen molar-refractivity contribution in [2.24, 2.45) is 0 Å². The van der Waals surface area contributed by atoms with E-state index in [2.05, 4.69) is 11.9 Å². The van der Waals surface area contributed by atoms with E-state index in [-0.39, 0.29) is 0 Å². The van der Waals surface area contributed by atoms with Crippen molar-refractivity contribution in [2.75, 3.05) is 0 Å². The van der Waals surface area contributed by atoms with Gasteiger partial charge in [0, 0.05) is 6.92 Å². The lowest BCUT2D eigenvalue weighted by molar-refractivity contribution is 0.537. The monoisotopic (exact) mass is 96.0 g/mol. The number of hydrogen-bond donors (Lipinski definition) is 0. The Morgan fingerprint density at radius 2 is 2.57 bits per heavy atom. The zero-order valence-corrected chi connectivity index (χ0v) is 4.14. The van der Waals surface area contributed by atoms with Crippen molar-refractivity contribution in [3.05, 3.63) is 24.8 Å². The topological polar surface area (TPSA) is 26.0 Å². The maximum atomic E-state index is 4.74. The molecule has 1 aromatic heterocycles. The molecule has 0 aliphatic carbocycles. The molecule has 1 aromatic rings. The van der Waals surface area contributed by atoms with E-state index in [1.807, 2.05) is 6.92 Å². The van der Waals surface area contributed by atoms with Crippen molar-refractivity contribution in [1.82, 2.24) is 4.98 Å². The lowest BCUT2D eigenvalue weighted by atomic mass is 10.6. The first-order valence-corrected chi connectivity index (χ1v) is 2.03. The second-order valence-corrected chi connectivity index (χ2v) is 1.38. The molecule has 0 amide bonds. The van der Waals surface area contributed by atoms with Gasteiger partial charge in [0.25, 0.3) is 0 Å². The van der Waals surface area contributed by atoms with Crippen LogP contribution >= 0.6 is 0 Å². The minimum absolute atomic E-state index is 0.484. The van der Waals surface area contributed by atoms with Gasteiger partial charge in [-0.1, -0.05) is 0 Å². The Kier molecular flexibility index (Phi) is 0.855. The van der Waals surface area contributed by atoms with E-state index < -0.39 is 0 Å². The Labute approximate surface area is 42.2 Å². The van der Waals surface area contributed by atoms with Crippen molar-refractivity contribution >= 4 is 0 Å². The van der Waals surface area contributed by atoms with Crippen LogP contribution in [0.2, 0.25) is 0 Å². The van der Waals surface area contributed by atoms with Gasteiger partial charge in [-0.25, -0.2) is 4.98 Å². The highest BCUT2D eigenvalue weighted by molar-refractivity contribution is 4.94. The van der Waals surface area contributed by atoms with E-state index in [4.69, 9.17) is 4.42 Å². The van der Waals surface area contributed by atoms with E-state index in [1.54, 1.807) is 6.26 Å². The number of aryl methyl sites for hydroxylation is 1. The molecule has 2 nitrogen and oxygen atoms in total. The van der Waals surface area contributed by atoms with Gasteiger partial charge in [0.15, 0.2) is 5.89 Å². The van der Waals surface area contributed by atoms with Crippen LogP contribution in [0.25, 0.3) is 0 Å². The molecular weight excluding hydrogens is 90.1 g/mol. The molecular formula is C5H6NO. The van der Waals surface area contributed by atoms with E-state index in [9.17, 15) is 0 Å². The highest BCUT2D eigenvalue weighted by atomic mass is 16.3. The first-order chi connectivity index (χ1) is 3.29. The molecule has 0 aliphatic heterocycles. The van der Waals surface area contributed by atoms with Crippen molar-refractivity contribution in [2.45, 2.75) is 6.92 Å². The van der Waals surface area contributed by atoms with Crippen LogP contribution in [-0.2, 0) is 0 Å². The Hall–Kier alpha value is -0.790. The summed E-state index contributed by atoms with van der Waals surface area (Å²) >= 11 is 0. The summed E-state index contributed by atoms with van der Waals surface area (Å²) in [6.07, 6.45) is 1.57. The molecule has 0 aromatic carbocycles. The smallest absolute Gasteiger partial charge is 0.194 e. The van der Waals surface area contributed by atoms with Crippen LogP contribution in [0, 0.1) is 13.8 Å². The second kappa shape index (κ2) is 1.37. The third kappa shape index (κ3) is 0.796. The summed E-state index contributed by atoms with van der Waals surface area (Å²) < 4.78 is 4.74. The van der Waals surface area contributed by atoms with Gasteiger partial charge in [0.2, 0.25) is 0 Å². The molecule has 7 heavy (non-hydrogen) atoms. The summed E-state index contributed by atoms with van der Waals surface area (Å²) in [5.41, 5.74) is 0.880. The van der Waals surface area contributed by atoms with Gasteiger partial charge in [-0.15, -0.1) is 0 Å². The van der Waals surface area contributed by atoms with Crippen molar-refractivity contribution in [3.63, 3.8) is 0 Å². The number of oxazole rings is 1. The van der Waals surface area contributed by atoms with E-state index in [1.165, 1.54) is 0 Å². The lowest BCUT2D eigenvalue weighted by Crippen LogP contribution is -1.67. The Balaban J connectivity index is 3.04. The van der Waals surface area contributed by atoms with Gasteiger partial charge in [0.05, 0.1) is 5.69 Å². The standard InChI is InChI=1S/C5H6NO/c1-4-3-7-5(2)6-4/h3H,2H2,1H3. The molecule has 0 saturated carbocycles. The van der Waals surface area contributed by atoms with Crippen molar-refractivity contribution < 1.29 is 4.42 Å². The molecule has 0 spiro atoms. The van der Waals surface area contributed by atoms with Gasteiger partial charge < -0.3 is 4.42 Å². The zero-order chi connectivity index (χ0) is 5.28. The van der Waals surface area contributed by atoms with E-state index in [0.717, 1.165) is 5.69 Å². The van der Waals surface area contributed by atoms with Crippen molar-refractivity contribution in [1.29, 1.82) is 0 Å². The van der Waals surface area contributed by atoms with Gasteiger partial charge >= 0.3 is 0 Å². The summed E-state index contributed by atoms with van der Waals surface area (Å²) in [4.78, 5) is 3.83. The quantitative estimate of drug-likeness (QED) is 0.484. The second-order valence-electron chi connectivity index (χ2n) is 1.38. The molecule has 1 radical (unpaired) electrons. The summed E-state index contributed by atoms with van der Waals surface area (Å²) in [7, 11) is 0. The van der Waals surface area contributed by atoms with Crippen LogP contribution in [0.3, 0.4) is 0 Å². The summed E-state index contributed by atoms with van der Waals surface area (Å²) in [5.74, 6) is 0.484. The fourth-order valence-corrected chi connectivity index (χ4v) is 0.403. The highest BCUT2D eigenvalue weighted by Gasteiger charge is 1.87. The highest BCUT2D eigenvalue weighted by Crippen LogP contribution is 1.95. The van der Waals surface area contributed by atoms with Crippen LogP contribution < -0.4 is 0 Å². The molecule has 0 N–H and O–H groups in total. The molecule has 1 heterocycles. The SMILES string of the molecule is [CH2]c1nc(C)co1. The number of aromatic nitrogens is 1. The molecule has 0 bridgehead atoms. The third-order valence-electron chi connectivity index (χ3n) is 0.667. The Morgan fingerprint density at radius 3 is 2.71 bits per heavy atom. The maximum Gasteiger partial charge on any atom is 0.194 e. The molecule has 1 rings (SSSR count). The molecule has 0 atom stereocenters. The lowest BCUT2D eigenvalue weighted by Gasteiger charge is -1.68. The van der Waals surface area contributed by atoms with Gasteiger partial charge in [0.1, 0.15) is 6.26 Å². The first-order valence-electron chi connectivity index (χ1n) is 2.03. The zero-order valence-electron chi connectivity index (χ0n) is 4.14. The predicted molar refractivity (Wildman–Crippen MR) is 25.7 cm³/mol. The Morgan fingerprint density at radius 1 is 1.86 bits per heavy atom. The van der Waals surface area contributed by atoms with Gasteiger partial charge in [-0.05, 0) is 6.92 Å². The van der Waals surface area contributed by atoms with Gasteiger partial charge in [-0.2, -0.15) is 0 Å². The molecule has 0 unspecified atom stereocenters. The number of rotatable bonds is 0. The average molecular weight is 96.1 g/mol. The summed E-state index contributed by atoms with van der Waals surface area (Å²) in [5, 5.41) is 0. The normalized spacial score (nSPS) is 9.43. The number of hydrogen-bond acceptors (Lipinski definition) is 2. The minimum atomic E-state index is 0.484. The van der Waals surface area contributed by atoms with Crippen LogP contribution in [-0.4, -0.2) is 4.98 Å². The molecule has 0 saturated heterocycles. The Bertz CT molecular complexity index is 140. The average Bonchev–Trinajstić information content (AvgIpc) is 1.87. The summed E-state index contributed by atoms with van der Waals surface area (Å²) in [6, 6.07) is 0. The van der Waals surface area contributed by atoms with Gasteiger partial charge in [-0.3, -0.25) is 0 Å². The van der Waals surface area contributed by atoms with E-state index in [0.29, 0.717) is 5.89 Å². The van der Waals surface area contributed by atoms with Crippen LogP contribution in [0.15, 0.2) is 10.7 Å². The summed E-state index contributed by atoms with van der Waals surface area (Å²) in [6.45, 7) is 5.32. The minimum Gasteiger partial charge on any atom is -0.449 e. The molecule has 37 valence electrons. The fraction of sp³-hybridized carbons (Fsp3) is 0.200. The van der Waals surface area contributed by atoms with E-state index >= 15 is 0 Å². The van der Waals surface area contributed by atoms with Crippen molar-refractivity contribution in [3.8, 4) is 0 Å². The third-order valence-corrected chi connectivity index (χ3v) is 0.667. The fourth-order valence-electron chi connectivity index (χ4n) is 0.403. The molecule has 2 heteroatoms. The largest absolute Gasteiger partial charge is 0.449 e. The first kappa shape index (κ1) is 4.37. The maximum absolute atomic E-state index is 4.74. The molecule has 0 fully saturated rings. The van der Waals surface area contributed by atoms with Crippen LogP contribution in [0.1, 0.15) is 11.6 Å². The number of nitrogens with zero attached hydrogens (tertiary/aromatic N) is 1. The van der Waals surface area contributed by atoms with Crippen LogP contribution in [0.5, 0.6) is 0 Å². The van der Waals surface area contributed by atoms with Crippen LogP contribution in [0.4, 0.5) is 0 Å².